The highest BCUT2D eigenvalue weighted by Gasteiger charge is 2.19. The van der Waals surface area contributed by atoms with Crippen LogP contribution in [0.4, 0.5) is 17.6 Å². The Balaban J connectivity index is 2.08. The van der Waals surface area contributed by atoms with Gasteiger partial charge in [-0.3, -0.25) is 0 Å². The Labute approximate surface area is 113 Å². The number of halogens is 4. The average molecular weight is 289 g/mol. The van der Waals surface area contributed by atoms with E-state index in [-0.39, 0.29) is 12.0 Å². The maximum Gasteiger partial charge on any atom is 0.194 e. The molecule has 3 N–H and O–H groups in total. The maximum absolute atomic E-state index is 13.4. The van der Waals surface area contributed by atoms with Crippen molar-refractivity contribution in [2.45, 2.75) is 38.3 Å². The fourth-order valence-corrected chi connectivity index (χ4v) is 2.24. The zero-order valence-electron chi connectivity index (χ0n) is 10.7. The molecule has 0 atom stereocenters. The third-order valence-corrected chi connectivity index (χ3v) is 3.32. The summed E-state index contributed by atoms with van der Waals surface area (Å²) in [5, 5.41) is 2.93. The molecule has 20 heavy (non-hydrogen) atoms. The molecule has 0 heterocycles. The van der Waals surface area contributed by atoms with Crippen molar-refractivity contribution in [3.05, 3.63) is 34.9 Å². The first-order chi connectivity index (χ1) is 9.49. The Morgan fingerprint density at radius 3 is 2.45 bits per heavy atom. The highest BCUT2D eigenvalue weighted by Crippen LogP contribution is 2.20. The molecule has 0 spiro atoms. The summed E-state index contributed by atoms with van der Waals surface area (Å²) in [5.41, 5.74) is 4.96. The minimum atomic E-state index is -1.71. The summed E-state index contributed by atoms with van der Waals surface area (Å²) in [6, 6.07) is 0.502. The molecule has 1 aliphatic carbocycles. The molecule has 7 heteroatoms. The molecule has 0 aromatic heterocycles. The van der Waals surface area contributed by atoms with Gasteiger partial charge in [0.2, 0.25) is 0 Å². The van der Waals surface area contributed by atoms with Gasteiger partial charge in [-0.15, -0.1) is 0 Å². The van der Waals surface area contributed by atoms with E-state index in [1.807, 2.05) is 0 Å². The number of nitrogens with zero attached hydrogens (tertiary/aromatic N) is 1. The van der Waals surface area contributed by atoms with Crippen LogP contribution in [0, 0.1) is 23.3 Å². The van der Waals surface area contributed by atoms with Crippen molar-refractivity contribution in [2.24, 2.45) is 10.7 Å². The average Bonchev–Trinajstić information content (AvgIpc) is 2.88. The normalized spacial score (nSPS) is 16.7. The van der Waals surface area contributed by atoms with E-state index in [2.05, 4.69) is 10.3 Å². The third-order valence-electron chi connectivity index (χ3n) is 3.32. The predicted octanol–water partition coefficient (Wildman–Crippen LogP) is 2.59. The Morgan fingerprint density at radius 2 is 1.80 bits per heavy atom. The van der Waals surface area contributed by atoms with Gasteiger partial charge in [0.15, 0.2) is 23.4 Å². The van der Waals surface area contributed by atoms with E-state index in [4.69, 9.17) is 5.73 Å². The predicted molar refractivity (Wildman–Crippen MR) is 67.0 cm³/mol. The molecule has 1 aromatic carbocycles. The van der Waals surface area contributed by atoms with Gasteiger partial charge in [-0.2, -0.15) is 0 Å². The van der Waals surface area contributed by atoms with E-state index in [1.165, 1.54) is 0 Å². The van der Waals surface area contributed by atoms with Gasteiger partial charge < -0.3 is 11.1 Å². The minimum Gasteiger partial charge on any atom is -0.370 e. The van der Waals surface area contributed by atoms with E-state index in [0.717, 1.165) is 25.7 Å². The Kier molecular flexibility index (Phi) is 4.46. The van der Waals surface area contributed by atoms with Gasteiger partial charge in [-0.1, -0.05) is 12.8 Å². The number of rotatable bonds is 3. The van der Waals surface area contributed by atoms with E-state index >= 15 is 0 Å². The molecule has 1 aromatic rings. The molecular weight excluding hydrogens is 274 g/mol. The molecule has 1 aliphatic rings. The fourth-order valence-electron chi connectivity index (χ4n) is 2.24. The van der Waals surface area contributed by atoms with E-state index in [1.54, 1.807) is 0 Å². The number of hydrogen-bond donors (Lipinski definition) is 2. The number of nitrogens with one attached hydrogen (secondary N) is 1. The number of nitrogens with two attached hydrogens (primary N) is 1. The van der Waals surface area contributed by atoms with Crippen LogP contribution in [0.15, 0.2) is 11.1 Å². The van der Waals surface area contributed by atoms with Crippen LogP contribution >= 0.6 is 0 Å². The Bertz CT molecular complexity index is 525. The summed E-state index contributed by atoms with van der Waals surface area (Å²) in [5.74, 6) is -5.98. The van der Waals surface area contributed by atoms with E-state index in [0.29, 0.717) is 6.07 Å². The highest BCUT2D eigenvalue weighted by atomic mass is 19.2. The first kappa shape index (κ1) is 14.6. The zero-order chi connectivity index (χ0) is 14.7. The van der Waals surface area contributed by atoms with Gasteiger partial charge in [0, 0.05) is 17.7 Å². The van der Waals surface area contributed by atoms with Gasteiger partial charge >= 0.3 is 0 Å². The van der Waals surface area contributed by atoms with Crippen LogP contribution in [-0.2, 0) is 6.54 Å². The van der Waals surface area contributed by atoms with Crippen LogP contribution < -0.4 is 11.1 Å². The molecular formula is C13H15F4N3. The van der Waals surface area contributed by atoms with Crippen LogP contribution in [0.1, 0.15) is 31.2 Å². The van der Waals surface area contributed by atoms with Gasteiger partial charge in [0.1, 0.15) is 5.82 Å². The van der Waals surface area contributed by atoms with Crippen molar-refractivity contribution in [3.8, 4) is 0 Å². The smallest absolute Gasteiger partial charge is 0.194 e. The van der Waals surface area contributed by atoms with Gasteiger partial charge in [0.05, 0.1) is 6.54 Å². The Morgan fingerprint density at radius 1 is 1.15 bits per heavy atom. The molecule has 3 nitrogen and oxygen atoms in total. The van der Waals surface area contributed by atoms with Crippen LogP contribution in [0.5, 0.6) is 0 Å². The van der Waals surface area contributed by atoms with Gasteiger partial charge in [0.25, 0.3) is 0 Å². The molecule has 0 aliphatic heterocycles. The minimum absolute atomic E-state index is 0.0421. The van der Waals surface area contributed by atoms with Gasteiger partial charge in [-0.25, -0.2) is 22.6 Å². The van der Waals surface area contributed by atoms with Crippen LogP contribution in [0.25, 0.3) is 0 Å². The second kappa shape index (κ2) is 6.11. The number of hydrogen-bond acceptors (Lipinski definition) is 1. The summed E-state index contributed by atoms with van der Waals surface area (Å²) in [6.07, 6.45) is 4.11. The highest BCUT2D eigenvalue weighted by molar-refractivity contribution is 5.78. The summed E-state index contributed by atoms with van der Waals surface area (Å²) >= 11 is 0. The zero-order valence-corrected chi connectivity index (χ0v) is 10.7. The van der Waals surface area contributed by atoms with Crippen molar-refractivity contribution < 1.29 is 17.6 Å². The molecule has 110 valence electrons. The van der Waals surface area contributed by atoms with E-state index < -0.39 is 35.4 Å². The lowest BCUT2D eigenvalue weighted by molar-refractivity contribution is 0.425. The molecule has 1 saturated carbocycles. The first-order valence-electron chi connectivity index (χ1n) is 6.37. The summed E-state index contributed by atoms with van der Waals surface area (Å²) in [4.78, 5) is 3.76. The van der Waals surface area contributed by atoms with Crippen molar-refractivity contribution >= 4 is 5.96 Å². The topological polar surface area (TPSA) is 50.4 Å². The lowest BCUT2D eigenvalue weighted by Crippen LogP contribution is -2.38. The van der Waals surface area contributed by atoms with E-state index in [9.17, 15) is 17.6 Å². The molecule has 0 amide bonds. The molecule has 1 fully saturated rings. The Hall–Kier alpha value is -1.79. The summed E-state index contributed by atoms with van der Waals surface area (Å²) in [6.45, 7) is -0.486. The lowest BCUT2D eigenvalue weighted by Gasteiger charge is -2.12. The largest absolute Gasteiger partial charge is 0.370 e. The number of benzene rings is 1. The second-order valence-corrected chi connectivity index (χ2v) is 4.77. The summed E-state index contributed by atoms with van der Waals surface area (Å²) < 4.78 is 52.5. The SMILES string of the molecule is NC(=NCc1c(F)cc(F)c(F)c1F)NC1CCCC1. The van der Waals surface area contributed by atoms with Crippen molar-refractivity contribution in [2.75, 3.05) is 0 Å². The fraction of sp³-hybridized carbons (Fsp3) is 0.462. The third kappa shape index (κ3) is 3.20. The molecule has 0 saturated heterocycles. The van der Waals surface area contributed by atoms with Crippen molar-refractivity contribution in [1.29, 1.82) is 0 Å². The second-order valence-electron chi connectivity index (χ2n) is 4.77. The molecule has 0 radical (unpaired) electrons. The van der Waals surface area contributed by atoms with Crippen molar-refractivity contribution in [1.82, 2.24) is 5.32 Å². The van der Waals surface area contributed by atoms with Crippen LogP contribution in [-0.4, -0.2) is 12.0 Å². The lowest BCUT2D eigenvalue weighted by atomic mass is 10.2. The number of guanidine groups is 1. The quantitative estimate of drug-likeness (QED) is 0.295. The van der Waals surface area contributed by atoms with Crippen molar-refractivity contribution in [3.63, 3.8) is 0 Å². The maximum atomic E-state index is 13.4. The monoisotopic (exact) mass is 289 g/mol. The summed E-state index contributed by atoms with van der Waals surface area (Å²) in [7, 11) is 0. The molecule has 0 unspecified atom stereocenters. The van der Waals surface area contributed by atoms with Gasteiger partial charge in [-0.05, 0) is 12.8 Å². The standard InChI is InChI=1S/C13H15F4N3/c14-9-5-10(15)12(17)11(16)8(9)6-19-13(18)20-7-3-1-2-4-7/h5,7H,1-4,6H2,(H3,18,19,20). The molecule has 0 bridgehead atoms. The number of aliphatic imine (C=N–C) groups is 1. The van der Waals surface area contributed by atoms with Crippen LogP contribution in [0.2, 0.25) is 0 Å². The molecule has 2 rings (SSSR count). The first-order valence-corrected chi connectivity index (χ1v) is 6.37. The van der Waals surface area contributed by atoms with Crippen LogP contribution in [0.3, 0.4) is 0 Å².